The van der Waals surface area contributed by atoms with E-state index in [2.05, 4.69) is 4.98 Å². The normalized spacial score (nSPS) is 17.8. The summed E-state index contributed by atoms with van der Waals surface area (Å²) in [5.74, 6) is -0.503. The van der Waals surface area contributed by atoms with E-state index in [4.69, 9.17) is 23.2 Å². The molecule has 3 aromatic rings. The molecule has 232 valence electrons. The minimum atomic E-state index is -5.09. The lowest BCUT2D eigenvalue weighted by molar-refractivity contribution is -0.143. The number of alkyl halides is 6. The minimum absolute atomic E-state index is 0.00457. The SMILES string of the molecule is CN(C(=O)C(C)(C)c1cc(C(F)(F)F)cc(C(F)(F)F)c1)c1cnc(N2CCC(O)C2CO)cc1-c1cc(Cl)ccc1Cl. The number of halogens is 8. The highest BCUT2D eigenvalue weighted by Gasteiger charge is 2.41. The monoisotopic (exact) mass is 649 g/mol. The van der Waals surface area contributed by atoms with Crippen LogP contribution in [0.5, 0.6) is 0 Å². The summed E-state index contributed by atoms with van der Waals surface area (Å²) in [4.78, 5) is 21.1. The molecule has 0 radical (unpaired) electrons. The Bertz CT molecular complexity index is 1500. The molecule has 2 atom stereocenters. The molecule has 2 unspecified atom stereocenters. The van der Waals surface area contributed by atoms with Crippen molar-refractivity contribution in [2.75, 3.05) is 30.0 Å². The molecule has 0 saturated carbocycles. The third kappa shape index (κ3) is 6.57. The average molecular weight is 650 g/mol. The fourth-order valence-corrected chi connectivity index (χ4v) is 5.48. The highest BCUT2D eigenvalue weighted by molar-refractivity contribution is 6.35. The Labute approximate surface area is 253 Å². The molecule has 2 aromatic carbocycles. The Kier molecular flexibility index (Phi) is 9.01. The molecular formula is C29H27Cl2F6N3O3. The Morgan fingerprint density at radius 3 is 2.12 bits per heavy atom. The third-order valence-corrected chi connectivity index (χ3v) is 8.15. The fourth-order valence-electron chi connectivity index (χ4n) is 5.09. The maximum absolute atomic E-state index is 13.9. The van der Waals surface area contributed by atoms with Gasteiger partial charge in [-0.15, -0.1) is 0 Å². The van der Waals surface area contributed by atoms with Gasteiger partial charge in [-0.25, -0.2) is 4.98 Å². The second-order valence-corrected chi connectivity index (χ2v) is 11.6. The fraction of sp³-hybridized carbons (Fsp3) is 0.379. The largest absolute Gasteiger partial charge is 0.416 e. The topological polar surface area (TPSA) is 76.9 Å². The van der Waals surface area contributed by atoms with Crippen molar-refractivity contribution in [1.82, 2.24) is 4.98 Å². The number of nitrogens with zero attached hydrogens (tertiary/aromatic N) is 3. The second kappa shape index (κ2) is 11.8. The van der Waals surface area contributed by atoms with Crippen LogP contribution in [0.4, 0.5) is 37.8 Å². The van der Waals surface area contributed by atoms with E-state index in [1.54, 1.807) is 11.0 Å². The van der Waals surface area contributed by atoms with E-state index < -0.39 is 52.5 Å². The Balaban J connectivity index is 1.84. The number of carbonyl (C=O) groups excluding carboxylic acids is 1. The first-order valence-electron chi connectivity index (χ1n) is 13.0. The van der Waals surface area contributed by atoms with Gasteiger partial charge in [0.2, 0.25) is 5.91 Å². The summed E-state index contributed by atoms with van der Waals surface area (Å²) in [6.45, 7) is 2.46. The van der Waals surface area contributed by atoms with E-state index in [1.807, 2.05) is 0 Å². The van der Waals surface area contributed by atoms with E-state index in [-0.39, 0.29) is 23.4 Å². The molecule has 1 aliphatic rings. The number of amides is 1. The molecule has 1 amide bonds. The summed E-state index contributed by atoms with van der Waals surface area (Å²) >= 11 is 12.7. The van der Waals surface area contributed by atoms with Crippen molar-refractivity contribution >= 4 is 40.6 Å². The number of anilines is 2. The Morgan fingerprint density at radius 2 is 1.56 bits per heavy atom. The van der Waals surface area contributed by atoms with E-state index in [9.17, 15) is 41.4 Å². The zero-order valence-corrected chi connectivity index (χ0v) is 24.6. The smallest absolute Gasteiger partial charge is 0.394 e. The minimum Gasteiger partial charge on any atom is -0.394 e. The highest BCUT2D eigenvalue weighted by Crippen LogP contribution is 2.42. The number of pyridine rings is 1. The molecule has 2 heterocycles. The van der Waals surface area contributed by atoms with Crippen LogP contribution >= 0.6 is 23.2 Å². The molecule has 1 fully saturated rings. The molecule has 0 aliphatic carbocycles. The van der Waals surface area contributed by atoms with Crippen molar-refractivity contribution < 1.29 is 41.4 Å². The summed E-state index contributed by atoms with van der Waals surface area (Å²) in [6.07, 6.45) is -9.32. The van der Waals surface area contributed by atoms with Gasteiger partial charge in [0.25, 0.3) is 0 Å². The number of carbonyl (C=O) groups is 1. The lowest BCUT2D eigenvalue weighted by Gasteiger charge is -2.32. The molecule has 14 heteroatoms. The van der Waals surface area contributed by atoms with Crippen molar-refractivity contribution in [3.8, 4) is 11.1 Å². The van der Waals surface area contributed by atoms with Crippen LogP contribution in [0, 0.1) is 0 Å². The van der Waals surface area contributed by atoms with Crippen molar-refractivity contribution in [3.63, 3.8) is 0 Å². The van der Waals surface area contributed by atoms with Gasteiger partial charge in [-0.05, 0) is 68.3 Å². The molecule has 2 N–H and O–H groups in total. The van der Waals surface area contributed by atoms with Gasteiger partial charge in [0.15, 0.2) is 0 Å². The second-order valence-electron chi connectivity index (χ2n) is 10.8. The van der Waals surface area contributed by atoms with Gasteiger partial charge >= 0.3 is 12.4 Å². The van der Waals surface area contributed by atoms with Gasteiger partial charge in [-0.3, -0.25) is 4.79 Å². The predicted molar refractivity (Wildman–Crippen MR) is 151 cm³/mol. The van der Waals surface area contributed by atoms with Crippen molar-refractivity contribution in [1.29, 1.82) is 0 Å². The van der Waals surface area contributed by atoms with Crippen molar-refractivity contribution in [3.05, 3.63) is 75.4 Å². The van der Waals surface area contributed by atoms with Crippen molar-refractivity contribution in [2.45, 2.75) is 50.2 Å². The number of aliphatic hydroxyl groups excluding tert-OH is 2. The Hall–Kier alpha value is -3.06. The lowest BCUT2D eigenvalue weighted by Crippen LogP contribution is -2.42. The average Bonchev–Trinajstić information content (AvgIpc) is 3.32. The zero-order valence-electron chi connectivity index (χ0n) is 23.1. The lowest BCUT2D eigenvalue weighted by atomic mass is 9.81. The number of benzene rings is 2. The number of hydrogen-bond donors (Lipinski definition) is 2. The summed E-state index contributed by atoms with van der Waals surface area (Å²) in [6, 6.07) is 6.57. The molecule has 6 nitrogen and oxygen atoms in total. The molecule has 1 saturated heterocycles. The summed E-state index contributed by atoms with van der Waals surface area (Å²) in [5, 5.41) is 20.6. The predicted octanol–water partition coefficient (Wildman–Crippen LogP) is 6.97. The van der Waals surface area contributed by atoms with Gasteiger partial charge in [0.05, 0.1) is 47.2 Å². The number of hydrogen-bond acceptors (Lipinski definition) is 5. The third-order valence-electron chi connectivity index (χ3n) is 7.59. The van der Waals surface area contributed by atoms with Gasteiger partial charge in [-0.1, -0.05) is 23.2 Å². The quantitative estimate of drug-likeness (QED) is 0.282. The van der Waals surface area contributed by atoms with Gasteiger partial charge < -0.3 is 20.0 Å². The van der Waals surface area contributed by atoms with E-state index in [0.29, 0.717) is 47.1 Å². The van der Waals surface area contributed by atoms with Gasteiger partial charge in [0.1, 0.15) is 5.82 Å². The van der Waals surface area contributed by atoms with E-state index in [1.165, 1.54) is 45.3 Å². The maximum atomic E-state index is 13.9. The van der Waals surface area contributed by atoms with Gasteiger partial charge in [0, 0.05) is 34.8 Å². The first-order valence-corrected chi connectivity index (χ1v) is 13.7. The van der Waals surface area contributed by atoms with E-state index in [0.717, 1.165) is 4.90 Å². The first-order chi connectivity index (χ1) is 19.9. The first kappa shape index (κ1) is 32.8. The number of aromatic nitrogens is 1. The van der Waals surface area contributed by atoms with Crippen LogP contribution in [-0.4, -0.2) is 53.4 Å². The summed E-state index contributed by atoms with van der Waals surface area (Å²) < 4.78 is 81.4. The Morgan fingerprint density at radius 1 is 0.977 bits per heavy atom. The molecule has 1 aliphatic heterocycles. The van der Waals surface area contributed by atoms with Crippen LogP contribution in [0.1, 0.15) is 37.0 Å². The van der Waals surface area contributed by atoms with Crippen molar-refractivity contribution in [2.24, 2.45) is 0 Å². The van der Waals surface area contributed by atoms with Crippen LogP contribution in [0.2, 0.25) is 10.0 Å². The van der Waals surface area contributed by atoms with Crippen LogP contribution in [-0.2, 0) is 22.6 Å². The maximum Gasteiger partial charge on any atom is 0.416 e. The van der Waals surface area contributed by atoms with Gasteiger partial charge in [-0.2, -0.15) is 26.3 Å². The van der Waals surface area contributed by atoms with Crippen LogP contribution in [0.25, 0.3) is 11.1 Å². The molecule has 43 heavy (non-hydrogen) atoms. The molecule has 1 aromatic heterocycles. The molecule has 4 rings (SSSR count). The molecule has 0 bridgehead atoms. The molecule has 0 spiro atoms. The number of rotatable bonds is 6. The van der Waals surface area contributed by atoms with Crippen LogP contribution in [0.15, 0.2) is 48.7 Å². The van der Waals surface area contributed by atoms with Crippen LogP contribution < -0.4 is 9.80 Å². The number of aliphatic hydroxyl groups is 2. The summed E-state index contributed by atoms with van der Waals surface area (Å²) in [5.41, 5.74) is -4.62. The standard InChI is InChI=1S/C29H27Cl2F6N3O3/c1-27(2,15-8-16(28(32,33)34)10-17(9-15)29(35,36)37)26(43)39(3)22-13-38-25(40-7-6-24(42)23(40)14-41)12-20(22)19-11-18(30)4-5-21(19)31/h4-5,8-13,23-24,41-42H,6-7,14H2,1-3H3. The van der Waals surface area contributed by atoms with Crippen LogP contribution in [0.3, 0.4) is 0 Å². The number of likely N-dealkylation sites (N-methyl/N-ethyl adjacent to an activating group) is 1. The highest BCUT2D eigenvalue weighted by atomic mass is 35.5. The molecular weight excluding hydrogens is 623 g/mol. The zero-order chi connectivity index (χ0) is 32.1. The summed E-state index contributed by atoms with van der Waals surface area (Å²) in [7, 11) is 1.32. The van der Waals surface area contributed by atoms with E-state index >= 15 is 0 Å².